The number of furan rings is 1. The smallest absolute Gasteiger partial charge is 0.135 e. The van der Waals surface area contributed by atoms with E-state index in [-0.39, 0.29) is 57.6 Å². The first-order chi connectivity index (χ1) is 31.2. The lowest BCUT2D eigenvalue weighted by Gasteiger charge is -2.10. The summed E-state index contributed by atoms with van der Waals surface area (Å²) in [5.41, 5.74) is 10.1. The predicted octanol–water partition coefficient (Wildman–Crippen LogP) is 14.8. The summed E-state index contributed by atoms with van der Waals surface area (Å²) < 4.78 is 75.1. The zero-order valence-electron chi connectivity index (χ0n) is 37.4. The minimum absolute atomic E-state index is 0.0933. The summed E-state index contributed by atoms with van der Waals surface area (Å²) in [6.45, 7) is 0. The molecule has 3 aromatic heterocycles. The van der Waals surface area contributed by atoms with Crippen LogP contribution in [-0.2, 0) is 0 Å². The number of nitrogens with zero attached hydrogens (tertiary/aromatic N) is 2. The first-order valence-corrected chi connectivity index (χ1v) is 18.9. The Morgan fingerprint density at radius 3 is 1.65 bits per heavy atom. The van der Waals surface area contributed by atoms with Gasteiger partial charge in [0.15, 0.2) is 0 Å². The van der Waals surface area contributed by atoms with Crippen LogP contribution in [-0.4, -0.2) is 9.13 Å². The number of hydrogen-bond donors (Lipinski definition) is 0. The van der Waals surface area contributed by atoms with Crippen LogP contribution in [0.25, 0.3) is 110 Å². The summed E-state index contributed by atoms with van der Waals surface area (Å²) in [5, 5.41) is 3.84. The van der Waals surface area contributed by atoms with Crippen LogP contribution in [0.5, 0.6) is 0 Å². The standard InChI is InChI=1S/C54H34N2O/c1-3-11-35(12-4-1)37-19-24-41(25-20-37)55-51-27-21-38(36-13-5-2-6-14-36)31-46(51)47-33-40(23-29-52(47)55)39-22-28-50-45(32-39)43-15-7-9-17-49(43)56(50)42-26-30-54-48(34-42)44-16-8-10-18-53(44)57-54/h1-34H/i7D,9D,15D,17D,22D,28D,32D. The van der Waals surface area contributed by atoms with Crippen molar-refractivity contribution < 1.29 is 14.0 Å². The van der Waals surface area contributed by atoms with E-state index in [1.54, 1.807) is 10.6 Å². The van der Waals surface area contributed by atoms with Gasteiger partial charge in [0, 0.05) is 43.7 Å². The lowest BCUT2D eigenvalue weighted by atomic mass is 9.99. The van der Waals surface area contributed by atoms with E-state index in [2.05, 4.69) is 71.3 Å². The zero-order valence-corrected chi connectivity index (χ0v) is 30.4. The van der Waals surface area contributed by atoms with Gasteiger partial charge in [-0.3, -0.25) is 0 Å². The molecule has 0 fully saturated rings. The number of benzene rings is 9. The van der Waals surface area contributed by atoms with Crippen molar-refractivity contribution in [3.05, 3.63) is 206 Å². The minimum atomic E-state index is -0.435. The highest BCUT2D eigenvalue weighted by atomic mass is 16.3. The van der Waals surface area contributed by atoms with Crippen LogP contribution in [0.1, 0.15) is 9.60 Å². The third kappa shape index (κ3) is 4.99. The Kier molecular flexibility index (Phi) is 5.56. The molecule has 0 N–H and O–H groups in total. The van der Waals surface area contributed by atoms with Crippen LogP contribution >= 0.6 is 0 Å². The Morgan fingerprint density at radius 2 is 0.895 bits per heavy atom. The molecule has 0 saturated heterocycles. The van der Waals surface area contributed by atoms with Gasteiger partial charge in [-0.2, -0.15) is 0 Å². The van der Waals surface area contributed by atoms with Crippen LogP contribution < -0.4 is 0 Å². The molecule has 266 valence electrons. The summed E-state index contributed by atoms with van der Waals surface area (Å²) in [6, 6.07) is 52.5. The third-order valence-electron chi connectivity index (χ3n) is 11.2. The van der Waals surface area contributed by atoms with Gasteiger partial charge in [0.2, 0.25) is 0 Å². The summed E-state index contributed by atoms with van der Waals surface area (Å²) in [6.07, 6.45) is 0. The monoisotopic (exact) mass is 733 g/mol. The second kappa shape index (κ2) is 12.5. The first-order valence-electron chi connectivity index (χ1n) is 22.4. The molecular weight excluding hydrogens is 693 g/mol. The SMILES string of the molecule is [2H]c1c([2H])c([2H])c2c(c1[2H])c1c([2H])c(-c3ccc4c(c3)c3cc(-c5ccccc5)ccc3n4-c3ccc(-c4ccccc4)cc3)c([2H])c([2H])c1n2-c1ccc2oc3ccccc3c2c1. The zero-order chi connectivity index (χ0) is 43.5. The summed E-state index contributed by atoms with van der Waals surface area (Å²) in [5.74, 6) is 0. The highest BCUT2D eigenvalue weighted by molar-refractivity contribution is 6.14. The molecule has 3 nitrogen and oxygen atoms in total. The Bertz CT molecular complexity index is 3910. The molecule has 9 aromatic carbocycles. The van der Waals surface area contributed by atoms with Gasteiger partial charge in [-0.05, 0) is 112 Å². The van der Waals surface area contributed by atoms with Crippen LogP contribution in [0.3, 0.4) is 0 Å². The molecule has 0 aliphatic heterocycles. The highest BCUT2D eigenvalue weighted by Crippen LogP contribution is 2.40. The number of aromatic nitrogens is 2. The molecule has 12 rings (SSSR count). The van der Waals surface area contributed by atoms with Gasteiger partial charge < -0.3 is 13.6 Å². The molecule has 0 aliphatic rings. The Balaban J connectivity index is 1.12. The van der Waals surface area contributed by atoms with Gasteiger partial charge in [-0.25, -0.2) is 0 Å². The molecule has 12 aromatic rings. The molecule has 0 radical (unpaired) electrons. The molecule has 0 aliphatic carbocycles. The second-order valence-corrected chi connectivity index (χ2v) is 14.4. The van der Waals surface area contributed by atoms with Crippen LogP contribution in [0.2, 0.25) is 0 Å². The van der Waals surface area contributed by atoms with E-state index in [1.165, 1.54) is 0 Å². The van der Waals surface area contributed by atoms with Gasteiger partial charge in [0.1, 0.15) is 11.2 Å². The van der Waals surface area contributed by atoms with Gasteiger partial charge in [-0.15, -0.1) is 0 Å². The molecule has 57 heavy (non-hydrogen) atoms. The Morgan fingerprint density at radius 1 is 0.333 bits per heavy atom. The molecule has 0 atom stereocenters. The van der Waals surface area contributed by atoms with Crippen molar-refractivity contribution in [1.82, 2.24) is 9.13 Å². The maximum absolute atomic E-state index is 9.94. The van der Waals surface area contributed by atoms with Crippen molar-refractivity contribution in [2.24, 2.45) is 0 Å². The van der Waals surface area contributed by atoms with Crippen LogP contribution in [0, 0.1) is 0 Å². The topological polar surface area (TPSA) is 23.0 Å². The Hall–Kier alpha value is -7.62. The number of rotatable bonds is 5. The average Bonchev–Trinajstić information content (AvgIpc) is 4.00. The van der Waals surface area contributed by atoms with E-state index in [4.69, 9.17) is 7.16 Å². The number of para-hydroxylation sites is 2. The minimum Gasteiger partial charge on any atom is -0.456 e. The number of fused-ring (bicyclic) bond motifs is 9. The third-order valence-corrected chi connectivity index (χ3v) is 11.2. The molecule has 0 amide bonds. The van der Waals surface area contributed by atoms with E-state index in [0.717, 1.165) is 60.5 Å². The molecule has 3 heteroatoms. The fourth-order valence-corrected chi connectivity index (χ4v) is 8.47. The average molecular weight is 734 g/mol. The van der Waals surface area contributed by atoms with Crippen LogP contribution in [0.15, 0.2) is 211 Å². The van der Waals surface area contributed by atoms with Crippen molar-refractivity contribution in [3.63, 3.8) is 0 Å². The van der Waals surface area contributed by atoms with E-state index >= 15 is 0 Å². The maximum atomic E-state index is 9.94. The summed E-state index contributed by atoms with van der Waals surface area (Å²) in [4.78, 5) is 0. The van der Waals surface area contributed by atoms with Crippen molar-refractivity contribution in [1.29, 1.82) is 0 Å². The molecular formula is C54H34N2O. The van der Waals surface area contributed by atoms with Crippen molar-refractivity contribution >= 4 is 65.6 Å². The molecule has 0 spiro atoms. The lowest BCUT2D eigenvalue weighted by molar-refractivity contribution is 0.669. The fourth-order valence-electron chi connectivity index (χ4n) is 8.47. The van der Waals surface area contributed by atoms with Gasteiger partial charge in [0.25, 0.3) is 0 Å². The fraction of sp³-hybridized carbons (Fsp3) is 0. The van der Waals surface area contributed by atoms with Crippen molar-refractivity contribution in [3.8, 4) is 44.8 Å². The lowest BCUT2D eigenvalue weighted by Crippen LogP contribution is -1.94. The largest absolute Gasteiger partial charge is 0.456 e. The molecule has 0 bridgehead atoms. The number of hydrogen-bond acceptors (Lipinski definition) is 1. The van der Waals surface area contributed by atoms with E-state index < -0.39 is 12.1 Å². The van der Waals surface area contributed by atoms with Crippen molar-refractivity contribution in [2.75, 3.05) is 0 Å². The molecule has 0 saturated carbocycles. The maximum Gasteiger partial charge on any atom is 0.135 e. The Labute approximate surface area is 338 Å². The van der Waals surface area contributed by atoms with Crippen LogP contribution in [0.4, 0.5) is 0 Å². The van der Waals surface area contributed by atoms with Gasteiger partial charge in [-0.1, -0.05) is 127 Å². The van der Waals surface area contributed by atoms with Gasteiger partial charge in [0.05, 0.1) is 31.7 Å². The van der Waals surface area contributed by atoms with Crippen molar-refractivity contribution in [2.45, 2.75) is 0 Å². The van der Waals surface area contributed by atoms with E-state index in [0.29, 0.717) is 22.4 Å². The van der Waals surface area contributed by atoms with E-state index in [9.17, 15) is 6.85 Å². The molecule has 0 unspecified atom stereocenters. The van der Waals surface area contributed by atoms with E-state index in [1.807, 2.05) is 91.0 Å². The summed E-state index contributed by atoms with van der Waals surface area (Å²) >= 11 is 0. The predicted molar refractivity (Wildman–Crippen MR) is 239 cm³/mol. The second-order valence-electron chi connectivity index (χ2n) is 14.4. The molecule has 3 heterocycles. The quantitative estimate of drug-likeness (QED) is 0.173. The summed E-state index contributed by atoms with van der Waals surface area (Å²) in [7, 11) is 0. The highest BCUT2D eigenvalue weighted by Gasteiger charge is 2.18. The van der Waals surface area contributed by atoms with Gasteiger partial charge >= 0.3 is 0 Å². The first kappa shape index (κ1) is 25.5. The normalized spacial score (nSPS) is 13.6.